The number of nitrogen functional groups attached to an aromatic ring is 1. The minimum Gasteiger partial charge on any atom is -0.399 e. The average Bonchev–Trinajstić information content (AvgIpc) is 2.64. The van der Waals surface area contributed by atoms with Gasteiger partial charge in [-0.25, -0.2) is 0 Å². The van der Waals surface area contributed by atoms with Crippen LogP contribution in [0.3, 0.4) is 0 Å². The number of nitrogens with one attached hydrogen (secondary N) is 1. The molecule has 0 saturated carbocycles. The Kier molecular flexibility index (Phi) is 4.95. The molecule has 0 fully saturated rings. The summed E-state index contributed by atoms with van der Waals surface area (Å²) < 4.78 is 0. The van der Waals surface area contributed by atoms with Crippen LogP contribution in [0, 0.1) is 0 Å². The molecule has 0 spiro atoms. The Bertz CT molecular complexity index is 864. The van der Waals surface area contributed by atoms with E-state index in [9.17, 15) is 4.79 Å². The van der Waals surface area contributed by atoms with Crippen LogP contribution in [0.15, 0.2) is 73.1 Å². The van der Waals surface area contributed by atoms with Crippen LogP contribution in [-0.2, 0) is 0 Å². The van der Waals surface area contributed by atoms with E-state index in [1.165, 1.54) is 0 Å². The molecule has 0 aliphatic heterocycles. The fourth-order valence-corrected chi connectivity index (χ4v) is 2.66. The van der Waals surface area contributed by atoms with Crippen molar-refractivity contribution in [3.05, 3.63) is 78.6 Å². The zero-order valence-corrected chi connectivity index (χ0v) is 14.0. The van der Waals surface area contributed by atoms with Crippen molar-refractivity contribution in [2.45, 2.75) is 6.92 Å². The highest BCUT2D eigenvalue weighted by molar-refractivity contribution is 6.05. The summed E-state index contributed by atoms with van der Waals surface area (Å²) in [6.07, 6.45) is 3.57. The third-order valence-electron chi connectivity index (χ3n) is 3.84. The van der Waals surface area contributed by atoms with Crippen molar-refractivity contribution in [3.8, 4) is 0 Å². The van der Waals surface area contributed by atoms with Crippen molar-refractivity contribution < 1.29 is 4.79 Å². The Hall–Kier alpha value is -3.34. The number of hydrogen-bond acceptors (Lipinski definition) is 4. The maximum Gasteiger partial charge on any atom is 0.255 e. The Morgan fingerprint density at radius 3 is 2.60 bits per heavy atom. The van der Waals surface area contributed by atoms with Crippen LogP contribution < -0.4 is 16.0 Å². The lowest BCUT2D eigenvalue weighted by Crippen LogP contribution is -2.17. The third-order valence-corrected chi connectivity index (χ3v) is 3.84. The van der Waals surface area contributed by atoms with Crippen LogP contribution in [0.1, 0.15) is 17.3 Å². The molecule has 1 aromatic heterocycles. The zero-order chi connectivity index (χ0) is 17.6. The maximum atomic E-state index is 12.4. The van der Waals surface area contributed by atoms with Crippen molar-refractivity contribution in [2.75, 3.05) is 22.5 Å². The van der Waals surface area contributed by atoms with Gasteiger partial charge >= 0.3 is 0 Å². The van der Waals surface area contributed by atoms with E-state index in [0.717, 1.165) is 23.6 Å². The first kappa shape index (κ1) is 16.5. The molecule has 1 heterocycles. The van der Waals surface area contributed by atoms with Gasteiger partial charge in [0.05, 0.1) is 11.9 Å². The van der Waals surface area contributed by atoms with Crippen LogP contribution in [0.2, 0.25) is 0 Å². The second-order valence-corrected chi connectivity index (χ2v) is 5.59. The van der Waals surface area contributed by atoms with Gasteiger partial charge in [-0.3, -0.25) is 9.78 Å². The summed E-state index contributed by atoms with van der Waals surface area (Å²) >= 11 is 0. The summed E-state index contributed by atoms with van der Waals surface area (Å²) in [5.74, 6) is -0.186. The van der Waals surface area contributed by atoms with Gasteiger partial charge in [-0.05, 0) is 55.5 Å². The predicted octanol–water partition coefficient (Wildman–Crippen LogP) is 4.07. The van der Waals surface area contributed by atoms with Gasteiger partial charge in [0, 0.05) is 35.4 Å². The predicted molar refractivity (Wildman–Crippen MR) is 102 cm³/mol. The summed E-state index contributed by atoms with van der Waals surface area (Å²) in [6, 6.07) is 18.6. The first-order valence-corrected chi connectivity index (χ1v) is 8.12. The highest BCUT2D eigenvalue weighted by Gasteiger charge is 2.10. The topological polar surface area (TPSA) is 71.2 Å². The zero-order valence-electron chi connectivity index (χ0n) is 14.0. The standard InChI is InChI=1S/C20H20N4O/c1-2-24(19-10-5-11-22-14-19)18-9-4-8-17(13-18)23-20(25)15-6-3-7-16(21)12-15/h3-14H,2,21H2,1H3,(H,23,25). The minimum atomic E-state index is -0.186. The molecule has 5 nitrogen and oxygen atoms in total. The van der Waals surface area contributed by atoms with E-state index in [-0.39, 0.29) is 5.91 Å². The molecular formula is C20H20N4O. The number of anilines is 4. The van der Waals surface area contributed by atoms with Gasteiger partial charge in [-0.1, -0.05) is 12.1 Å². The van der Waals surface area contributed by atoms with E-state index in [2.05, 4.69) is 22.1 Å². The van der Waals surface area contributed by atoms with E-state index in [1.54, 1.807) is 30.5 Å². The lowest BCUT2D eigenvalue weighted by Gasteiger charge is -2.23. The van der Waals surface area contributed by atoms with Crippen molar-refractivity contribution in [1.82, 2.24) is 4.98 Å². The molecule has 3 N–H and O–H groups in total. The smallest absolute Gasteiger partial charge is 0.255 e. The molecule has 126 valence electrons. The highest BCUT2D eigenvalue weighted by atomic mass is 16.1. The van der Waals surface area contributed by atoms with Crippen molar-refractivity contribution in [3.63, 3.8) is 0 Å². The Labute approximate surface area is 147 Å². The van der Waals surface area contributed by atoms with E-state index < -0.39 is 0 Å². The number of nitrogens with zero attached hydrogens (tertiary/aromatic N) is 2. The summed E-state index contributed by atoms with van der Waals surface area (Å²) in [5.41, 5.74) is 9.56. The van der Waals surface area contributed by atoms with Crippen molar-refractivity contribution in [2.24, 2.45) is 0 Å². The quantitative estimate of drug-likeness (QED) is 0.691. The SMILES string of the molecule is CCN(c1cccnc1)c1cccc(NC(=O)c2cccc(N)c2)c1. The molecule has 25 heavy (non-hydrogen) atoms. The first-order valence-electron chi connectivity index (χ1n) is 8.12. The summed E-state index contributed by atoms with van der Waals surface area (Å²) in [4.78, 5) is 18.7. The molecule has 0 atom stereocenters. The summed E-state index contributed by atoms with van der Waals surface area (Å²) in [7, 11) is 0. The molecule has 0 unspecified atom stereocenters. The number of aromatic nitrogens is 1. The van der Waals surface area contributed by atoms with Gasteiger partial charge < -0.3 is 16.0 Å². The van der Waals surface area contributed by atoms with Crippen LogP contribution in [0.25, 0.3) is 0 Å². The monoisotopic (exact) mass is 332 g/mol. The number of rotatable bonds is 5. The second-order valence-electron chi connectivity index (χ2n) is 5.59. The number of hydrogen-bond donors (Lipinski definition) is 2. The molecule has 0 bridgehead atoms. The molecule has 3 aromatic rings. The minimum absolute atomic E-state index is 0.186. The lowest BCUT2D eigenvalue weighted by atomic mass is 10.2. The van der Waals surface area contributed by atoms with Gasteiger partial charge in [-0.15, -0.1) is 0 Å². The van der Waals surface area contributed by atoms with Gasteiger partial charge in [-0.2, -0.15) is 0 Å². The van der Waals surface area contributed by atoms with Gasteiger partial charge in [0.2, 0.25) is 0 Å². The van der Waals surface area contributed by atoms with Gasteiger partial charge in [0.1, 0.15) is 0 Å². The normalized spacial score (nSPS) is 10.3. The molecule has 3 rings (SSSR count). The fourth-order valence-electron chi connectivity index (χ4n) is 2.66. The van der Waals surface area contributed by atoms with E-state index >= 15 is 0 Å². The Morgan fingerprint density at radius 2 is 1.88 bits per heavy atom. The average molecular weight is 332 g/mol. The number of carbonyl (C=O) groups is 1. The summed E-state index contributed by atoms with van der Waals surface area (Å²) in [5, 5.41) is 2.92. The largest absolute Gasteiger partial charge is 0.399 e. The maximum absolute atomic E-state index is 12.4. The van der Waals surface area contributed by atoms with E-state index in [1.807, 2.05) is 42.6 Å². The number of nitrogens with two attached hydrogens (primary N) is 1. The Morgan fingerprint density at radius 1 is 1.08 bits per heavy atom. The van der Waals surface area contributed by atoms with Crippen LogP contribution in [-0.4, -0.2) is 17.4 Å². The highest BCUT2D eigenvalue weighted by Crippen LogP contribution is 2.26. The van der Waals surface area contributed by atoms with Crippen molar-refractivity contribution in [1.29, 1.82) is 0 Å². The van der Waals surface area contributed by atoms with E-state index in [4.69, 9.17) is 5.73 Å². The number of amides is 1. The first-order chi connectivity index (χ1) is 12.2. The lowest BCUT2D eigenvalue weighted by molar-refractivity contribution is 0.102. The molecule has 0 saturated heterocycles. The van der Waals surface area contributed by atoms with Crippen LogP contribution in [0.4, 0.5) is 22.7 Å². The second kappa shape index (κ2) is 7.49. The molecule has 2 aromatic carbocycles. The third kappa shape index (κ3) is 3.95. The van der Waals surface area contributed by atoms with E-state index in [0.29, 0.717) is 11.3 Å². The molecule has 5 heteroatoms. The molecule has 1 amide bonds. The molecular weight excluding hydrogens is 312 g/mol. The Balaban J connectivity index is 1.82. The fraction of sp³-hybridized carbons (Fsp3) is 0.100. The van der Waals surface area contributed by atoms with Gasteiger partial charge in [0.15, 0.2) is 0 Å². The van der Waals surface area contributed by atoms with Gasteiger partial charge in [0.25, 0.3) is 5.91 Å². The number of pyridine rings is 1. The number of carbonyl (C=O) groups excluding carboxylic acids is 1. The molecule has 0 aliphatic carbocycles. The van der Waals surface area contributed by atoms with Crippen LogP contribution >= 0.6 is 0 Å². The van der Waals surface area contributed by atoms with Crippen molar-refractivity contribution >= 4 is 28.7 Å². The number of benzene rings is 2. The molecule has 0 aliphatic rings. The molecule has 0 radical (unpaired) electrons. The summed E-state index contributed by atoms with van der Waals surface area (Å²) in [6.45, 7) is 2.86. The van der Waals surface area contributed by atoms with Crippen LogP contribution in [0.5, 0.6) is 0 Å².